The monoisotopic (exact) mass is 616 g/mol. The van der Waals surface area contributed by atoms with Crippen molar-refractivity contribution in [2.45, 2.75) is 26.4 Å². The molecule has 3 fully saturated rings. The fourth-order valence-electron chi connectivity index (χ4n) is 7.75. The number of imide groups is 1. The Hall–Kier alpha value is -4.62. The summed E-state index contributed by atoms with van der Waals surface area (Å²) in [5.74, 6) is -0.352. The Morgan fingerprint density at radius 2 is 1.56 bits per heavy atom. The van der Waals surface area contributed by atoms with E-state index in [-0.39, 0.29) is 46.8 Å². The topological polar surface area (TPSA) is 93.6 Å². The SMILES string of the molecule is Cc1ccc(C(=O)C(C)OC(=O)c2cc(-c3ccc(N4C(=O)C5C6C=CC(C7CC67)C5C4=O)cc3)nc3c(Cl)cccc23)cc1. The van der Waals surface area contributed by atoms with E-state index in [2.05, 4.69) is 12.2 Å². The second-order valence-corrected chi connectivity index (χ2v) is 13.1. The van der Waals surface area contributed by atoms with Gasteiger partial charge in [0.25, 0.3) is 0 Å². The number of anilines is 1. The van der Waals surface area contributed by atoms with Crippen LogP contribution in [0.2, 0.25) is 5.02 Å². The van der Waals surface area contributed by atoms with Gasteiger partial charge in [-0.25, -0.2) is 9.78 Å². The molecule has 0 spiro atoms. The molecule has 8 heteroatoms. The van der Waals surface area contributed by atoms with Crippen molar-refractivity contribution in [1.29, 1.82) is 0 Å². The highest BCUT2D eigenvalue weighted by Crippen LogP contribution is 2.65. The van der Waals surface area contributed by atoms with Gasteiger partial charge in [-0.15, -0.1) is 0 Å². The first kappa shape index (κ1) is 27.9. The number of halogens is 1. The van der Waals surface area contributed by atoms with Crippen molar-refractivity contribution in [3.8, 4) is 11.3 Å². The zero-order valence-corrected chi connectivity index (χ0v) is 25.4. The molecule has 45 heavy (non-hydrogen) atoms. The molecule has 7 atom stereocenters. The first-order chi connectivity index (χ1) is 21.7. The van der Waals surface area contributed by atoms with Crippen molar-refractivity contribution in [3.05, 3.63) is 107 Å². The van der Waals surface area contributed by atoms with Crippen LogP contribution in [-0.4, -0.2) is 34.7 Å². The number of aryl methyl sites for hydroxylation is 1. The van der Waals surface area contributed by atoms with Crippen molar-refractivity contribution >= 4 is 51.8 Å². The molecule has 7 nitrogen and oxygen atoms in total. The number of amides is 2. The van der Waals surface area contributed by atoms with Gasteiger partial charge in [-0.2, -0.15) is 0 Å². The number of carbonyl (C=O) groups excluding carboxylic acids is 4. The summed E-state index contributed by atoms with van der Waals surface area (Å²) in [5, 5.41) is 0.862. The van der Waals surface area contributed by atoms with Crippen LogP contribution in [0.1, 0.15) is 39.6 Å². The second kappa shape index (κ2) is 10.2. The molecule has 2 bridgehead atoms. The molecule has 1 aromatic heterocycles. The van der Waals surface area contributed by atoms with E-state index < -0.39 is 12.1 Å². The number of pyridine rings is 1. The molecule has 1 aliphatic heterocycles. The van der Waals surface area contributed by atoms with Gasteiger partial charge >= 0.3 is 5.97 Å². The highest BCUT2D eigenvalue weighted by atomic mass is 35.5. The molecule has 7 unspecified atom stereocenters. The maximum atomic E-state index is 13.6. The number of aromatic nitrogens is 1. The van der Waals surface area contributed by atoms with Crippen molar-refractivity contribution in [2.75, 3.05) is 4.90 Å². The molecule has 224 valence electrons. The number of allylic oxidation sites excluding steroid dienone is 2. The van der Waals surface area contributed by atoms with Crippen molar-refractivity contribution in [1.82, 2.24) is 4.98 Å². The summed E-state index contributed by atoms with van der Waals surface area (Å²) in [6.45, 7) is 3.49. The summed E-state index contributed by atoms with van der Waals surface area (Å²) in [4.78, 5) is 59.8. The van der Waals surface area contributed by atoms with Crippen LogP contribution in [-0.2, 0) is 14.3 Å². The third kappa shape index (κ3) is 4.36. The predicted molar refractivity (Wildman–Crippen MR) is 170 cm³/mol. The highest BCUT2D eigenvalue weighted by Gasteiger charge is 2.67. The van der Waals surface area contributed by atoms with Crippen LogP contribution in [0, 0.1) is 42.4 Å². The highest BCUT2D eigenvalue weighted by molar-refractivity contribution is 6.35. The second-order valence-electron chi connectivity index (χ2n) is 12.7. The third-order valence-electron chi connectivity index (χ3n) is 10.1. The van der Waals surface area contributed by atoms with Crippen molar-refractivity contribution in [3.63, 3.8) is 0 Å². The largest absolute Gasteiger partial charge is 0.451 e. The number of esters is 1. The van der Waals surface area contributed by atoms with Gasteiger partial charge in [0.1, 0.15) is 0 Å². The number of hydrogen-bond acceptors (Lipinski definition) is 6. The molecular formula is C37H29ClN2O5. The lowest BCUT2D eigenvalue weighted by Gasteiger charge is -2.37. The summed E-state index contributed by atoms with van der Waals surface area (Å²) in [5.41, 5.74) is 3.77. The Labute approximate surface area is 264 Å². The Kier molecular flexibility index (Phi) is 6.33. The van der Waals surface area contributed by atoms with Crippen LogP contribution in [0.4, 0.5) is 5.69 Å². The summed E-state index contributed by atoms with van der Waals surface area (Å²) in [6.07, 6.45) is 4.43. The first-order valence-corrected chi connectivity index (χ1v) is 15.7. The lowest BCUT2D eigenvalue weighted by molar-refractivity contribution is -0.124. The molecule has 9 rings (SSSR count). The molecular weight excluding hydrogens is 588 g/mol. The standard InChI is InChI=1S/C37H29ClN2O5/c1-18-6-8-21(9-7-18)34(41)19(2)45-37(44)28-17-30(39-33-25(28)4-3-5-29(33)38)20-10-12-22(13-11-20)40-35(42)31-23-14-15-24(27-16-26(23)27)32(31)36(40)43/h3-15,17,19,23-24,26-27,31-32H,16H2,1-2H3. The van der Waals surface area contributed by atoms with Crippen LogP contribution in [0.15, 0.2) is 84.9 Å². The molecule has 3 aromatic carbocycles. The average Bonchev–Trinajstić information content (AvgIpc) is 3.83. The van der Waals surface area contributed by atoms with E-state index in [0.717, 1.165) is 12.0 Å². The smallest absolute Gasteiger partial charge is 0.339 e. The normalized spacial score (nSPS) is 26.5. The number of ether oxygens (including phenoxy) is 1. The zero-order chi connectivity index (χ0) is 31.1. The van der Waals surface area contributed by atoms with Gasteiger partial charge in [0.2, 0.25) is 17.6 Å². The molecule has 0 N–H and O–H groups in total. The number of para-hydroxylation sites is 1. The van der Waals surface area contributed by atoms with Crippen LogP contribution < -0.4 is 4.90 Å². The molecule has 2 amide bonds. The fourth-order valence-corrected chi connectivity index (χ4v) is 7.97. The third-order valence-corrected chi connectivity index (χ3v) is 10.4. The number of hydrogen-bond donors (Lipinski definition) is 0. The van der Waals surface area contributed by atoms with Gasteiger partial charge in [0.15, 0.2) is 6.10 Å². The Balaban J connectivity index is 1.09. The molecule has 4 aliphatic carbocycles. The maximum Gasteiger partial charge on any atom is 0.339 e. The predicted octanol–water partition coefficient (Wildman–Crippen LogP) is 6.85. The van der Waals surface area contributed by atoms with Gasteiger partial charge in [-0.1, -0.05) is 77.8 Å². The van der Waals surface area contributed by atoms with E-state index in [0.29, 0.717) is 50.3 Å². The van der Waals surface area contributed by atoms with Gasteiger partial charge in [0.05, 0.1) is 39.3 Å². The number of benzene rings is 3. The van der Waals surface area contributed by atoms with Crippen LogP contribution in [0.3, 0.4) is 0 Å². The van der Waals surface area contributed by atoms with Crippen molar-refractivity contribution in [2.24, 2.45) is 35.5 Å². The fraction of sp³-hybridized carbons (Fsp3) is 0.270. The Morgan fingerprint density at radius 3 is 2.20 bits per heavy atom. The van der Waals surface area contributed by atoms with Crippen molar-refractivity contribution < 1.29 is 23.9 Å². The summed E-state index contributed by atoms with van der Waals surface area (Å²) < 4.78 is 5.67. The molecule has 5 aliphatic rings. The van der Waals surface area contributed by atoms with Crippen LogP contribution >= 0.6 is 11.6 Å². The van der Waals surface area contributed by atoms with E-state index in [1.807, 2.05) is 19.1 Å². The number of rotatable bonds is 6. The number of fused-ring (bicyclic) bond motifs is 1. The number of nitrogens with zero attached hydrogens (tertiary/aromatic N) is 2. The van der Waals surface area contributed by atoms with E-state index in [1.165, 1.54) is 4.90 Å². The van der Waals surface area contributed by atoms with Gasteiger partial charge in [-0.3, -0.25) is 19.3 Å². The molecule has 1 saturated heterocycles. The van der Waals surface area contributed by atoms with Gasteiger partial charge in [-0.05, 0) is 68.2 Å². The maximum absolute atomic E-state index is 13.6. The Bertz CT molecular complexity index is 1930. The lowest BCUT2D eigenvalue weighted by Crippen LogP contribution is -2.40. The molecule has 0 radical (unpaired) electrons. The molecule has 2 heterocycles. The molecule has 4 aromatic rings. The van der Waals surface area contributed by atoms with Gasteiger partial charge < -0.3 is 4.74 Å². The molecule has 2 saturated carbocycles. The Morgan fingerprint density at radius 1 is 0.911 bits per heavy atom. The zero-order valence-electron chi connectivity index (χ0n) is 24.6. The number of ketones is 1. The van der Waals surface area contributed by atoms with E-state index in [4.69, 9.17) is 21.3 Å². The quantitative estimate of drug-likeness (QED) is 0.102. The van der Waals surface area contributed by atoms with Gasteiger partial charge in [0, 0.05) is 16.5 Å². The average molecular weight is 617 g/mol. The summed E-state index contributed by atoms with van der Waals surface area (Å²) in [7, 11) is 0. The van der Waals surface area contributed by atoms with E-state index in [1.54, 1.807) is 67.6 Å². The van der Waals surface area contributed by atoms with E-state index in [9.17, 15) is 19.2 Å². The minimum Gasteiger partial charge on any atom is -0.451 e. The first-order valence-electron chi connectivity index (χ1n) is 15.3. The minimum atomic E-state index is -1.01. The van der Waals surface area contributed by atoms with E-state index >= 15 is 0 Å². The lowest BCUT2D eigenvalue weighted by atomic mass is 9.63. The van der Waals surface area contributed by atoms with Crippen LogP contribution in [0.25, 0.3) is 22.2 Å². The number of carbonyl (C=O) groups is 4. The summed E-state index contributed by atoms with van der Waals surface area (Å²) >= 11 is 6.53. The minimum absolute atomic E-state index is 0.114. The van der Waals surface area contributed by atoms with Crippen LogP contribution in [0.5, 0.6) is 0 Å². The number of Topliss-reactive ketones (excluding diaryl/α,β-unsaturated/α-hetero) is 1. The summed E-state index contributed by atoms with van der Waals surface area (Å²) in [6, 6.07) is 20.9.